The Morgan fingerprint density at radius 2 is 1.23 bits per heavy atom. The normalized spacial score (nSPS) is 11.9. The summed E-state index contributed by atoms with van der Waals surface area (Å²) in [5, 5.41) is 16.1. The van der Waals surface area contributed by atoms with Crippen LogP contribution in [-0.2, 0) is 12.0 Å². The zero-order valence-electron chi connectivity index (χ0n) is 27.8. The molecule has 0 fully saturated rings. The molecule has 0 aliphatic heterocycles. The van der Waals surface area contributed by atoms with Crippen LogP contribution in [0.5, 0.6) is 0 Å². The summed E-state index contributed by atoms with van der Waals surface area (Å²) >= 11 is 0. The molecule has 0 bridgehead atoms. The van der Waals surface area contributed by atoms with Crippen molar-refractivity contribution >= 4 is 55.2 Å². The van der Waals surface area contributed by atoms with E-state index in [1.165, 1.54) is 34.4 Å². The smallest absolute Gasteiger partial charge is 0.164 e. The van der Waals surface area contributed by atoms with E-state index in [2.05, 4.69) is 121 Å². The molecule has 4 N–H and O–H groups in total. The van der Waals surface area contributed by atoms with Crippen molar-refractivity contribution in [2.75, 3.05) is 11.5 Å². The lowest BCUT2D eigenvalue weighted by molar-refractivity contribution is 0.367. The van der Waals surface area contributed by atoms with Crippen molar-refractivity contribution in [3.63, 3.8) is 0 Å². The van der Waals surface area contributed by atoms with Gasteiger partial charge in [-0.2, -0.15) is 10.2 Å². The lowest BCUT2D eigenvalue weighted by Gasteiger charge is -2.19. The summed E-state index contributed by atoms with van der Waals surface area (Å²) in [6.45, 7) is 10.5. The number of hydrogen-bond donors (Lipinski definition) is 2. The summed E-state index contributed by atoms with van der Waals surface area (Å²) in [6.07, 6.45) is 3.70. The Kier molecular flexibility index (Phi) is 7.71. The third-order valence-electron chi connectivity index (χ3n) is 8.49. The minimum atomic E-state index is -0.206. The highest BCUT2D eigenvalue weighted by molar-refractivity contribution is 6.06. The van der Waals surface area contributed by atoms with E-state index in [1.807, 2.05) is 27.6 Å². The van der Waals surface area contributed by atoms with Gasteiger partial charge in [-0.05, 0) is 61.7 Å². The third kappa shape index (κ3) is 5.45. The molecule has 0 radical (unpaired) electrons. The highest BCUT2D eigenvalue weighted by atomic mass is 15.3. The second-order valence-corrected chi connectivity index (χ2v) is 13.2. The van der Waals surface area contributed by atoms with Crippen molar-refractivity contribution in [2.24, 2.45) is 0 Å². The molecule has 0 saturated carbocycles. The van der Waals surface area contributed by atoms with Crippen LogP contribution in [0, 0.1) is 0 Å². The highest BCUT2D eigenvalue weighted by Gasteiger charge is 2.24. The zero-order valence-corrected chi connectivity index (χ0v) is 27.8. The number of hydrogen-bond acceptors (Lipinski definition) is 8. The van der Waals surface area contributed by atoms with Crippen LogP contribution in [0.25, 0.3) is 54.9 Å². The van der Waals surface area contributed by atoms with E-state index >= 15 is 0 Å². The monoisotopic (exact) mass is 634 g/mol. The lowest BCUT2D eigenvalue weighted by atomic mass is 10.0. The molecule has 4 aromatic heterocycles. The number of nitrogen functional groups attached to an aromatic ring is 2. The van der Waals surface area contributed by atoms with Crippen LogP contribution in [0.3, 0.4) is 0 Å². The van der Waals surface area contributed by atoms with E-state index in [1.54, 1.807) is 0 Å². The van der Waals surface area contributed by atoms with E-state index in [0.717, 1.165) is 44.4 Å². The van der Waals surface area contributed by atoms with Gasteiger partial charge in [-0.25, -0.2) is 29.3 Å². The predicted molar refractivity (Wildman–Crippen MR) is 195 cm³/mol. The third-order valence-corrected chi connectivity index (χ3v) is 8.49. The average molecular weight is 635 g/mol. The molecule has 4 aromatic carbocycles. The molecule has 0 unspecified atom stereocenters. The Morgan fingerprint density at radius 1 is 0.646 bits per heavy atom. The first kappa shape index (κ1) is 30.7. The Hall–Kier alpha value is -5.90. The van der Waals surface area contributed by atoms with E-state index < -0.39 is 0 Å². The Balaban J connectivity index is 0.000000152. The summed E-state index contributed by atoms with van der Waals surface area (Å²) < 4.78 is 3.85. The quantitative estimate of drug-likeness (QED) is 0.201. The maximum atomic E-state index is 6.19. The summed E-state index contributed by atoms with van der Waals surface area (Å²) in [4.78, 5) is 17.2. The molecular weight excluding hydrogens is 596 g/mol. The van der Waals surface area contributed by atoms with Crippen LogP contribution in [0.15, 0.2) is 97.6 Å². The van der Waals surface area contributed by atoms with E-state index in [9.17, 15) is 0 Å². The minimum Gasteiger partial charge on any atom is -0.383 e. The summed E-state index contributed by atoms with van der Waals surface area (Å²) in [6, 6.07) is 29.4. The van der Waals surface area contributed by atoms with Gasteiger partial charge in [0.2, 0.25) is 0 Å². The van der Waals surface area contributed by atoms with Gasteiger partial charge in [0.25, 0.3) is 0 Å². The van der Waals surface area contributed by atoms with Crippen LogP contribution >= 0.6 is 0 Å². The van der Waals surface area contributed by atoms with Crippen LogP contribution in [-0.4, -0.2) is 39.5 Å². The van der Waals surface area contributed by atoms with Crippen molar-refractivity contribution in [3.05, 3.63) is 109 Å². The first-order valence-corrected chi connectivity index (χ1v) is 16.0. The van der Waals surface area contributed by atoms with Gasteiger partial charge in [0.05, 0.1) is 22.0 Å². The van der Waals surface area contributed by atoms with Gasteiger partial charge in [-0.3, -0.25) is 0 Å². The highest BCUT2D eigenvalue weighted by Crippen LogP contribution is 2.36. The molecule has 0 spiro atoms. The van der Waals surface area contributed by atoms with Crippen LogP contribution in [0.1, 0.15) is 51.9 Å². The fraction of sp³-hybridized carbons (Fsp3) is 0.211. The molecule has 10 heteroatoms. The molecule has 0 aliphatic rings. The molecular formula is C38H38N10. The maximum Gasteiger partial charge on any atom is 0.164 e. The Morgan fingerprint density at radius 3 is 1.92 bits per heavy atom. The van der Waals surface area contributed by atoms with Gasteiger partial charge >= 0.3 is 0 Å². The molecule has 0 amide bonds. The van der Waals surface area contributed by atoms with Crippen molar-refractivity contribution in [1.29, 1.82) is 0 Å². The fourth-order valence-corrected chi connectivity index (χ4v) is 6.24. The zero-order chi connectivity index (χ0) is 33.6. The summed E-state index contributed by atoms with van der Waals surface area (Å²) in [5.74, 6) is 0.945. The van der Waals surface area contributed by atoms with Crippen LogP contribution in [0.4, 0.5) is 11.6 Å². The van der Waals surface area contributed by atoms with Crippen molar-refractivity contribution in [3.8, 4) is 11.3 Å². The van der Waals surface area contributed by atoms with Gasteiger partial charge < -0.3 is 11.5 Å². The molecule has 48 heavy (non-hydrogen) atoms. The number of aromatic nitrogens is 8. The average Bonchev–Trinajstić information content (AvgIpc) is 3.66. The first-order valence-electron chi connectivity index (χ1n) is 16.0. The van der Waals surface area contributed by atoms with Crippen LogP contribution < -0.4 is 11.5 Å². The Labute approximate surface area is 278 Å². The van der Waals surface area contributed by atoms with Crippen molar-refractivity contribution in [2.45, 2.75) is 52.6 Å². The molecule has 0 saturated heterocycles. The number of benzene rings is 4. The SMILES string of the molecule is CC(C)(C)n1nc(-c2cccc3ccccc23)c2c(N)ncnc21.CC(C)n1nc(Cc2cccc3ccccc23)c2c(N)ncnc21. The predicted octanol–water partition coefficient (Wildman–Crippen LogP) is 7.72. The van der Waals surface area contributed by atoms with Crippen molar-refractivity contribution in [1.82, 2.24) is 39.5 Å². The fourth-order valence-electron chi connectivity index (χ4n) is 6.24. The number of rotatable bonds is 4. The first-order chi connectivity index (χ1) is 23.1. The van der Waals surface area contributed by atoms with Gasteiger partial charge in [0.15, 0.2) is 11.3 Å². The molecule has 8 aromatic rings. The molecule has 240 valence electrons. The number of nitrogens with zero attached hydrogens (tertiary/aromatic N) is 8. The molecule has 0 atom stereocenters. The van der Waals surface area contributed by atoms with Crippen LogP contribution in [0.2, 0.25) is 0 Å². The van der Waals surface area contributed by atoms with E-state index in [4.69, 9.17) is 21.7 Å². The number of anilines is 2. The van der Waals surface area contributed by atoms with E-state index in [-0.39, 0.29) is 11.6 Å². The molecule has 10 nitrogen and oxygen atoms in total. The molecule has 4 heterocycles. The second kappa shape index (κ2) is 12.0. The van der Waals surface area contributed by atoms with Gasteiger partial charge in [-0.1, -0.05) is 84.9 Å². The maximum absolute atomic E-state index is 6.19. The minimum absolute atomic E-state index is 0.206. The lowest BCUT2D eigenvalue weighted by Crippen LogP contribution is -2.23. The largest absolute Gasteiger partial charge is 0.383 e. The van der Waals surface area contributed by atoms with Gasteiger partial charge in [-0.15, -0.1) is 0 Å². The standard InChI is InChI=1S/2C19H19N5/c1-19(2,3)24-18-15(17(20)21-11-22-18)16(23-24)14-10-6-8-12-7-4-5-9-13(12)14;1-12(2)24-19-17(18(20)21-11-22-19)16(23-24)10-14-8-5-7-13-6-3-4-9-15(13)14/h4-11H,1-3H3,(H2,20,21,22);3-9,11-12H,10H2,1-2H3,(H2,20,21,22). The Bertz CT molecular complexity index is 2420. The number of fused-ring (bicyclic) bond motifs is 4. The molecule has 0 aliphatic carbocycles. The second-order valence-electron chi connectivity index (χ2n) is 13.2. The number of nitrogens with two attached hydrogens (primary N) is 2. The summed E-state index contributed by atoms with van der Waals surface area (Å²) in [7, 11) is 0. The van der Waals surface area contributed by atoms with E-state index in [0.29, 0.717) is 18.1 Å². The van der Waals surface area contributed by atoms with Crippen molar-refractivity contribution < 1.29 is 0 Å². The topological polar surface area (TPSA) is 139 Å². The van der Waals surface area contributed by atoms with Gasteiger partial charge in [0, 0.05) is 18.0 Å². The molecule has 8 rings (SSSR count). The summed E-state index contributed by atoms with van der Waals surface area (Å²) in [5.41, 5.74) is 17.7. The van der Waals surface area contributed by atoms with Gasteiger partial charge in [0.1, 0.15) is 30.0 Å².